The van der Waals surface area contributed by atoms with Gasteiger partial charge < -0.3 is 0 Å². The largest absolute Gasteiger partial charge is 0.407 e. The summed E-state index contributed by atoms with van der Waals surface area (Å²) in [6, 6.07) is -2.06. The van der Waals surface area contributed by atoms with Crippen LogP contribution in [0.3, 0.4) is 0 Å². The number of likely N-dealkylation sites (N-methyl/N-ethyl adjacent to an activating group) is 1. The average Bonchev–Trinajstić information content (AvgIpc) is 2.58. The smallest absolute Gasteiger partial charge is 0.284 e. The highest BCUT2D eigenvalue weighted by molar-refractivity contribution is 6.07. The number of carbonyl (C=O) groups excluding carboxylic acids is 2. The molecule has 2 aliphatic rings. The number of fused-ring (bicyclic) bond motifs is 1. The fraction of sp³-hybridized carbons (Fsp3) is 0.750. The Balaban J connectivity index is 2.37. The highest BCUT2D eigenvalue weighted by atomic mass is 19.4. The molecule has 3 atom stereocenters. The van der Waals surface area contributed by atoms with E-state index in [9.17, 15) is 22.8 Å². The Hall–Kier alpha value is -1.15. The van der Waals surface area contributed by atoms with Gasteiger partial charge in [-0.2, -0.15) is 18.2 Å². The van der Waals surface area contributed by atoms with Crippen LogP contribution in [0.2, 0.25) is 0 Å². The Morgan fingerprint density at radius 3 is 2.25 bits per heavy atom. The van der Waals surface area contributed by atoms with Gasteiger partial charge in [0.2, 0.25) is 5.91 Å². The van der Waals surface area contributed by atoms with Crippen LogP contribution in [-0.2, 0) is 14.4 Å². The zero-order valence-corrected chi connectivity index (χ0v) is 8.49. The van der Waals surface area contributed by atoms with Crippen LogP contribution < -0.4 is 0 Å². The van der Waals surface area contributed by atoms with Gasteiger partial charge in [0.1, 0.15) is 12.0 Å². The molecule has 2 rings (SSSR count). The molecule has 2 aliphatic heterocycles. The van der Waals surface area contributed by atoms with Crippen molar-refractivity contribution in [2.75, 3.05) is 14.1 Å². The normalized spacial score (nSPS) is 36.1. The molecule has 8 heteroatoms. The van der Waals surface area contributed by atoms with Crippen LogP contribution in [0, 0.1) is 5.92 Å². The molecule has 2 amide bonds. The number of hydrogen-bond donors (Lipinski definition) is 0. The third-order valence-electron chi connectivity index (χ3n) is 2.86. The molecule has 0 aromatic heterocycles. The monoisotopic (exact) mass is 238 g/mol. The van der Waals surface area contributed by atoms with Gasteiger partial charge >= 0.3 is 6.18 Å². The van der Waals surface area contributed by atoms with Crippen molar-refractivity contribution in [3.8, 4) is 0 Å². The number of halogens is 3. The van der Waals surface area contributed by atoms with Crippen LogP contribution in [0.4, 0.5) is 13.2 Å². The molecule has 0 aliphatic carbocycles. The molecule has 0 unspecified atom stereocenters. The van der Waals surface area contributed by atoms with E-state index in [2.05, 4.69) is 0 Å². The van der Waals surface area contributed by atoms with Gasteiger partial charge in [0.15, 0.2) is 6.10 Å². The lowest BCUT2D eigenvalue weighted by Gasteiger charge is -2.24. The van der Waals surface area contributed by atoms with Gasteiger partial charge in [-0.25, -0.2) is 0 Å². The van der Waals surface area contributed by atoms with Crippen molar-refractivity contribution in [2.45, 2.75) is 18.3 Å². The van der Waals surface area contributed by atoms with Gasteiger partial charge in [-0.15, -0.1) is 0 Å². The second kappa shape index (κ2) is 3.17. The van der Waals surface area contributed by atoms with Gasteiger partial charge in [-0.05, 0) is 0 Å². The van der Waals surface area contributed by atoms with E-state index in [4.69, 9.17) is 4.84 Å². The molecular weight excluding hydrogens is 229 g/mol. The Morgan fingerprint density at radius 2 is 1.75 bits per heavy atom. The number of nitrogens with zero attached hydrogens (tertiary/aromatic N) is 2. The second-order valence-electron chi connectivity index (χ2n) is 3.82. The highest BCUT2D eigenvalue weighted by Crippen LogP contribution is 2.41. The van der Waals surface area contributed by atoms with Crippen molar-refractivity contribution in [1.82, 2.24) is 9.96 Å². The first-order valence-electron chi connectivity index (χ1n) is 4.53. The van der Waals surface area contributed by atoms with Crippen molar-refractivity contribution in [2.24, 2.45) is 5.92 Å². The molecule has 16 heavy (non-hydrogen) atoms. The van der Waals surface area contributed by atoms with Crippen LogP contribution in [-0.4, -0.2) is 54.2 Å². The summed E-state index contributed by atoms with van der Waals surface area (Å²) in [4.78, 5) is 28.4. The van der Waals surface area contributed by atoms with Crippen molar-refractivity contribution in [3.63, 3.8) is 0 Å². The van der Waals surface area contributed by atoms with E-state index in [1.54, 1.807) is 0 Å². The fourth-order valence-corrected chi connectivity index (χ4v) is 2.10. The molecule has 2 heterocycles. The highest BCUT2D eigenvalue weighted by Gasteiger charge is 2.65. The maximum absolute atomic E-state index is 12.7. The zero-order chi connectivity index (χ0) is 12.2. The van der Waals surface area contributed by atoms with E-state index in [0.717, 1.165) is 14.1 Å². The molecule has 0 bridgehead atoms. The first-order chi connectivity index (χ1) is 7.25. The van der Waals surface area contributed by atoms with E-state index < -0.39 is 36.1 Å². The third-order valence-corrected chi connectivity index (χ3v) is 2.86. The topological polar surface area (TPSA) is 49.9 Å². The lowest BCUT2D eigenvalue weighted by Crippen LogP contribution is -2.46. The zero-order valence-electron chi connectivity index (χ0n) is 8.49. The van der Waals surface area contributed by atoms with Crippen molar-refractivity contribution >= 4 is 11.8 Å². The van der Waals surface area contributed by atoms with Crippen molar-refractivity contribution in [1.29, 1.82) is 0 Å². The lowest BCUT2D eigenvalue weighted by molar-refractivity contribution is -0.236. The summed E-state index contributed by atoms with van der Waals surface area (Å²) in [7, 11) is 2.22. The summed E-state index contributed by atoms with van der Waals surface area (Å²) < 4.78 is 38.0. The fourth-order valence-electron chi connectivity index (χ4n) is 2.10. The maximum atomic E-state index is 12.7. The van der Waals surface area contributed by atoms with Gasteiger partial charge in [0.25, 0.3) is 5.91 Å². The molecular formula is C8H9F3N2O3. The number of likely N-dealkylation sites (tertiary alicyclic amines) is 1. The van der Waals surface area contributed by atoms with E-state index >= 15 is 0 Å². The number of hydrogen-bond acceptors (Lipinski definition) is 4. The Labute approximate surface area is 88.7 Å². The van der Waals surface area contributed by atoms with Gasteiger partial charge in [-0.3, -0.25) is 19.3 Å². The molecule has 0 aromatic rings. The van der Waals surface area contributed by atoms with E-state index in [1.165, 1.54) is 0 Å². The summed E-state index contributed by atoms with van der Waals surface area (Å²) in [5.74, 6) is -3.06. The molecule has 2 saturated heterocycles. The Bertz CT molecular complexity index is 357. The predicted molar refractivity (Wildman–Crippen MR) is 43.7 cm³/mol. The van der Waals surface area contributed by atoms with Gasteiger partial charge in [0.05, 0.1) is 0 Å². The molecule has 0 aromatic carbocycles. The molecule has 2 fully saturated rings. The lowest BCUT2D eigenvalue weighted by atomic mass is 9.96. The molecule has 90 valence electrons. The van der Waals surface area contributed by atoms with Crippen LogP contribution in [0.5, 0.6) is 0 Å². The quantitative estimate of drug-likeness (QED) is 0.547. The minimum absolute atomic E-state index is 0.540. The molecule has 0 radical (unpaired) electrons. The number of hydroxylamine groups is 2. The van der Waals surface area contributed by atoms with E-state index in [1.807, 2.05) is 0 Å². The number of carbonyl (C=O) groups is 2. The SMILES string of the molecule is CN1C(=O)[C@H]2[C@H](ON(C)[C@H]2C(F)(F)F)C1=O. The maximum Gasteiger partial charge on any atom is 0.407 e. The molecule has 0 spiro atoms. The Morgan fingerprint density at radius 1 is 1.19 bits per heavy atom. The van der Waals surface area contributed by atoms with Crippen molar-refractivity contribution < 1.29 is 27.6 Å². The summed E-state index contributed by atoms with van der Waals surface area (Å²) in [6.07, 6.45) is -5.94. The van der Waals surface area contributed by atoms with Crippen molar-refractivity contribution in [3.05, 3.63) is 0 Å². The van der Waals surface area contributed by atoms with Crippen LogP contribution in [0.25, 0.3) is 0 Å². The standard InChI is InChI=1S/C8H9F3N2O3/c1-12-6(14)3-4(7(12)15)16-13(2)5(3)8(9,10)11/h3-5H,1-2H3/t3-,4-,5+/m0/s1. The van der Waals surface area contributed by atoms with Gasteiger partial charge in [-0.1, -0.05) is 0 Å². The van der Waals surface area contributed by atoms with Crippen LogP contribution >= 0.6 is 0 Å². The molecule has 5 nitrogen and oxygen atoms in total. The summed E-state index contributed by atoms with van der Waals surface area (Å²) in [5, 5.41) is 0.540. The first-order valence-corrected chi connectivity index (χ1v) is 4.53. The number of amides is 2. The predicted octanol–water partition coefficient (Wildman–Crippen LogP) is -0.222. The minimum Gasteiger partial charge on any atom is -0.284 e. The number of alkyl halides is 3. The third kappa shape index (κ3) is 1.33. The second-order valence-corrected chi connectivity index (χ2v) is 3.82. The van der Waals surface area contributed by atoms with E-state index in [0.29, 0.717) is 9.96 Å². The van der Waals surface area contributed by atoms with Gasteiger partial charge in [0, 0.05) is 14.1 Å². The number of rotatable bonds is 0. The Kier molecular flexibility index (Phi) is 2.25. The summed E-state index contributed by atoms with van der Waals surface area (Å²) >= 11 is 0. The van der Waals surface area contributed by atoms with E-state index in [-0.39, 0.29) is 0 Å². The first kappa shape index (κ1) is 11.3. The average molecular weight is 238 g/mol. The van der Waals surface area contributed by atoms with Crippen LogP contribution in [0.1, 0.15) is 0 Å². The molecule has 0 N–H and O–H groups in total. The summed E-state index contributed by atoms with van der Waals surface area (Å²) in [5.41, 5.74) is 0. The minimum atomic E-state index is -4.60. The van der Waals surface area contributed by atoms with Crippen LogP contribution in [0.15, 0.2) is 0 Å². The molecule has 0 saturated carbocycles. The summed E-state index contributed by atoms with van der Waals surface area (Å²) in [6.45, 7) is 0. The number of imide groups is 1.